The van der Waals surface area contributed by atoms with Crippen LogP contribution in [0, 0.1) is 6.92 Å². The van der Waals surface area contributed by atoms with E-state index in [9.17, 15) is 5.11 Å². The van der Waals surface area contributed by atoms with Crippen molar-refractivity contribution in [2.45, 2.75) is 23.1 Å². The van der Waals surface area contributed by atoms with Gasteiger partial charge in [0.15, 0.2) is 5.65 Å². The van der Waals surface area contributed by atoms with E-state index in [1.54, 1.807) is 23.9 Å². The molecule has 0 saturated carbocycles. The van der Waals surface area contributed by atoms with Crippen LogP contribution in [0.3, 0.4) is 0 Å². The standard InChI is InChI=1S/C28H23BrN4O2S/c1-18-5-11-24-27(32-18)30-17-31-28(24)33-25-16-22(35-14-13-19-3-2-4-20(29)15-19)8-12-26(25)36-23-9-6-21(34)7-10-23/h2-12,15-17,34H,13-14H2,1H3,(H,30,31,32,33). The largest absolute Gasteiger partial charge is 0.508 e. The third-order valence-corrected chi connectivity index (χ3v) is 7.03. The van der Waals surface area contributed by atoms with Gasteiger partial charge >= 0.3 is 0 Å². The molecule has 2 heterocycles. The second-order valence-corrected chi connectivity index (χ2v) is 10.2. The Balaban J connectivity index is 1.42. The number of rotatable bonds is 8. The lowest BCUT2D eigenvalue weighted by Gasteiger charge is -2.15. The Labute approximate surface area is 221 Å². The van der Waals surface area contributed by atoms with Crippen molar-refractivity contribution in [1.82, 2.24) is 15.0 Å². The second-order valence-electron chi connectivity index (χ2n) is 8.15. The van der Waals surface area contributed by atoms with Gasteiger partial charge in [0.25, 0.3) is 0 Å². The highest BCUT2D eigenvalue weighted by Crippen LogP contribution is 2.38. The number of aromatic nitrogens is 3. The molecule has 0 atom stereocenters. The highest BCUT2D eigenvalue weighted by Gasteiger charge is 2.12. The number of hydrogen-bond acceptors (Lipinski definition) is 7. The van der Waals surface area contributed by atoms with Crippen molar-refractivity contribution in [3.05, 3.63) is 101 Å². The maximum absolute atomic E-state index is 9.65. The van der Waals surface area contributed by atoms with Gasteiger partial charge in [-0.15, -0.1) is 0 Å². The zero-order chi connectivity index (χ0) is 24.9. The van der Waals surface area contributed by atoms with Crippen LogP contribution in [0.15, 0.2) is 99.5 Å². The van der Waals surface area contributed by atoms with Crippen LogP contribution in [0.5, 0.6) is 11.5 Å². The van der Waals surface area contributed by atoms with E-state index in [4.69, 9.17) is 4.74 Å². The summed E-state index contributed by atoms with van der Waals surface area (Å²) in [4.78, 5) is 15.3. The number of benzene rings is 3. The summed E-state index contributed by atoms with van der Waals surface area (Å²) in [7, 11) is 0. The monoisotopic (exact) mass is 558 g/mol. The van der Waals surface area contributed by atoms with Gasteiger partial charge < -0.3 is 15.2 Å². The minimum absolute atomic E-state index is 0.238. The van der Waals surface area contributed by atoms with E-state index in [-0.39, 0.29) is 5.75 Å². The number of aromatic hydroxyl groups is 1. The number of phenolic OH excluding ortho intramolecular Hbond substituents is 1. The number of aryl methyl sites for hydroxylation is 1. The van der Waals surface area contributed by atoms with Crippen LogP contribution in [0.25, 0.3) is 11.0 Å². The molecule has 180 valence electrons. The van der Waals surface area contributed by atoms with Crippen LogP contribution in [-0.4, -0.2) is 26.7 Å². The van der Waals surface area contributed by atoms with Crippen LogP contribution >= 0.6 is 27.7 Å². The molecule has 0 saturated heterocycles. The highest BCUT2D eigenvalue weighted by atomic mass is 79.9. The minimum Gasteiger partial charge on any atom is -0.508 e. The molecule has 6 nitrogen and oxygen atoms in total. The van der Waals surface area contributed by atoms with E-state index in [0.29, 0.717) is 18.1 Å². The Bertz CT molecular complexity index is 1510. The molecule has 36 heavy (non-hydrogen) atoms. The van der Waals surface area contributed by atoms with Crippen molar-refractivity contribution in [3.8, 4) is 11.5 Å². The summed E-state index contributed by atoms with van der Waals surface area (Å²) in [6.07, 6.45) is 2.32. The first-order chi connectivity index (χ1) is 17.5. The molecule has 5 aromatic rings. The number of nitrogens with one attached hydrogen (secondary N) is 1. The van der Waals surface area contributed by atoms with E-state index in [1.807, 2.05) is 61.5 Å². The lowest BCUT2D eigenvalue weighted by molar-refractivity contribution is 0.322. The van der Waals surface area contributed by atoms with Crippen LogP contribution in [-0.2, 0) is 6.42 Å². The normalized spacial score (nSPS) is 10.9. The van der Waals surface area contributed by atoms with Gasteiger partial charge in [-0.3, -0.25) is 0 Å². The summed E-state index contributed by atoms with van der Waals surface area (Å²) in [5, 5.41) is 14.0. The molecule has 8 heteroatoms. The lowest BCUT2D eigenvalue weighted by Crippen LogP contribution is -2.03. The average molecular weight is 559 g/mol. The third kappa shape index (κ3) is 5.95. The molecule has 0 aliphatic rings. The predicted octanol–water partition coefficient (Wildman–Crippen LogP) is 7.32. The number of halogens is 1. The topological polar surface area (TPSA) is 80.2 Å². The van der Waals surface area contributed by atoms with Gasteiger partial charge in [-0.1, -0.05) is 39.8 Å². The fourth-order valence-corrected chi connectivity index (χ4v) is 5.00. The van der Waals surface area contributed by atoms with Crippen LogP contribution in [0.4, 0.5) is 11.5 Å². The quantitative estimate of drug-likeness (QED) is 0.206. The summed E-state index contributed by atoms with van der Waals surface area (Å²) in [6, 6.07) is 25.3. The number of hydrogen-bond donors (Lipinski definition) is 2. The van der Waals surface area contributed by atoms with Crippen molar-refractivity contribution >= 4 is 50.2 Å². The summed E-state index contributed by atoms with van der Waals surface area (Å²) in [6.45, 7) is 2.50. The zero-order valence-electron chi connectivity index (χ0n) is 19.5. The molecule has 0 aliphatic carbocycles. The number of anilines is 2. The minimum atomic E-state index is 0.238. The number of nitrogens with zero attached hydrogens (tertiary/aromatic N) is 3. The first-order valence-electron chi connectivity index (χ1n) is 11.4. The molecular formula is C28H23BrN4O2S. The van der Waals surface area contributed by atoms with Gasteiger partial charge in [-0.2, -0.15) is 0 Å². The van der Waals surface area contributed by atoms with Gasteiger partial charge in [0.2, 0.25) is 0 Å². The highest BCUT2D eigenvalue weighted by molar-refractivity contribution is 9.10. The van der Waals surface area contributed by atoms with E-state index in [0.717, 1.165) is 43.2 Å². The molecule has 0 amide bonds. The molecular weight excluding hydrogens is 536 g/mol. The molecule has 5 rings (SSSR count). The average Bonchev–Trinajstić information content (AvgIpc) is 2.87. The molecule has 0 unspecified atom stereocenters. The first-order valence-corrected chi connectivity index (χ1v) is 13.0. The van der Waals surface area contributed by atoms with Crippen molar-refractivity contribution < 1.29 is 9.84 Å². The van der Waals surface area contributed by atoms with Crippen LogP contribution in [0.2, 0.25) is 0 Å². The van der Waals surface area contributed by atoms with Gasteiger partial charge in [0.05, 0.1) is 17.7 Å². The Morgan fingerprint density at radius 1 is 0.972 bits per heavy atom. The Morgan fingerprint density at radius 2 is 1.83 bits per heavy atom. The van der Waals surface area contributed by atoms with Crippen LogP contribution < -0.4 is 10.1 Å². The molecule has 0 spiro atoms. The van der Waals surface area contributed by atoms with Crippen molar-refractivity contribution in [2.24, 2.45) is 0 Å². The van der Waals surface area contributed by atoms with Gasteiger partial charge in [0, 0.05) is 32.4 Å². The molecule has 3 aromatic carbocycles. The molecule has 0 radical (unpaired) electrons. The maximum atomic E-state index is 9.65. The fraction of sp³-hybridized carbons (Fsp3) is 0.107. The van der Waals surface area contributed by atoms with E-state index in [1.165, 1.54) is 11.9 Å². The SMILES string of the molecule is Cc1ccc2c(Nc3cc(OCCc4cccc(Br)c4)ccc3Sc3ccc(O)cc3)ncnc2n1. The first kappa shape index (κ1) is 24.1. The summed E-state index contributed by atoms with van der Waals surface area (Å²) in [5.41, 5.74) is 3.60. The van der Waals surface area contributed by atoms with E-state index < -0.39 is 0 Å². The Kier molecular flexibility index (Phi) is 7.34. The number of ether oxygens (including phenoxy) is 1. The molecule has 0 aliphatic heterocycles. The van der Waals surface area contributed by atoms with Gasteiger partial charge in [0.1, 0.15) is 23.6 Å². The number of pyridine rings is 1. The molecule has 2 aromatic heterocycles. The summed E-state index contributed by atoms with van der Waals surface area (Å²) < 4.78 is 7.17. The maximum Gasteiger partial charge on any atom is 0.164 e. The molecule has 0 fully saturated rings. The van der Waals surface area contributed by atoms with Gasteiger partial charge in [-0.25, -0.2) is 15.0 Å². The van der Waals surface area contributed by atoms with E-state index in [2.05, 4.69) is 48.3 Å². The third-order valence-electron chi connectivity index (χ3n) is 5.45. The smallest absolute Gasteiger partial charge is 0.164 e. The lowest BCUT2D eigenvalue weighted by atomic mass is 10.2. The van der Waals surface area contributed by atoms with Crippen molar-refractivity contribution in [1.29, 1.82) is 0 Å². The zero-order valence-corrected chi connectivity index (χ0v) is 21.9. The Hall–Kier alpha value is -3.62. The number of fused-ring (bicyclic) bond motifs is 1. The second kappa shape index (κ2) is 11.0. The summed E-state index contributed by atoms with van der Waals surface area (Å²) in [5.74, 6) is 1.67. The number of phenols is 1. The summed E-state index contributed by atoms with van der Waals surface area (Å²) >= 11 is 5.11. The van der Waals surface area contributed by atoms with Crippen LogP contribution in [0.1, 0.15) is 11.3 Å². The van der Waals surface area contributed by atoms with Crippen molar-refractivity contribution in [2.75, 3.05) is 11.9 Å². The van der Waals surface area contributed by atoms with Gasteiger partial charge in [-0.05, 0) is 73.2 Å². The van der Waals surface area contributed by atoms with Crippen molar-refractivity contribution in [3.63, 3.8) is 0 Å². The Morgan fingerprint density at radius 3 is 2.67 bits per heavy atom. The fourth-order valence-electron chi connectivity index (χ4n) is 3.67. The van der Waals surface area contributed by atoms with E-state index >= 15 is 0 Å². The predicted molar refractivity (Wildman–Crippen MR) is 147 cm³/mol. The molecule has 0 bridgehead atoms. The molecule has 2 N–H and O–H groups in total.